The fourth-order valence-electron chi connectivity index (χ4n) is 2.13. The first-order chi connectivity index (χ1) is 8.69. The quantitative estimate of drug-likeness (QED) is 0.813. The van der Waals surface area contributed by atoms with Crippen LogP contribution in [0.4, 0.5) is 11.4 Å². The molecule has 0 saturated carbocycles. The summed E-state index contributed by atoms with van der Waals surface area (Å²) in [5.41, 5.74) is 11.3. The number of thioether (sulfide) groups is 1. The number of fused-ring (bicyclic) bond motifs is 2. The maximum absolute atomic E-state index is 5.97. The van der Waals surface area contributed by atoms with Crippen LogP contribution in [0.2, 0.25) is 0 Å². The predicted molar refractivity (Wildman–Crippen MR) is 78.8 cm³/mol. The second-order valence-corrected chi connectivity index (χ2v) is 5.59. The van der Waals surface area contributed by atoms with Gasteiger partial charge < -0.3 is 11.1 Å². The summed E-state index contributed by atoms with van der Waals surface area (Å²) in [6, 6.07) is 6.25. The Kier molecular flexibility index (Phi) is 2.67. The lowest BCUT2D eigenvalue weighted by Crippen LogP contribution is -2.24. The third-order valence-electron chi connectivity index (χ3n) is 3.29. The van der Waals surface area contributed by atoms with E-state index < -0.39 is 0 Å². The van der Waals surface area contributed by atoms with E-state index in [9.17, 15) is 0 Å². The van der Waals surface area contributed by atoms with Gasteiger partial charge in [0.1, 0.15) is 0 Å². The van der Waals surface area contributed by atoms with Gasteiger partial charge in [-0.05, 0) is 42.8 Å². The minimum Gasteiger partial charge on any atom is -0.399 e. The first-order valence-corrected chi connectivity index (χ1v) is 6.78. The van der Waals surface area contributed by atoms with Gasteiger partial charge in [0.2, 0.25) is 0 Å². The molecule has 0 fully saturated rings. The summed E-state index contributed by atoms with van der Waals surface area (Å²) in [6.07, 6.45) is 3.97. The molecule has 1 aromatic carbocycles. The van der Waals surface area contributed by atoms with Gasteiger partial charge >= 0.3 is 0 Å². The van der Waals surface area contributed by atoms with E-state index >= 15 is 0 Å². The van der Waals surface area contributed by atoms with Crippen LogP contribution in [0.25, 0.3) is 0 Å². The summed E-state index contributed by atoms with van der Waals surface area (Å²) < 4.78 is 0. The largest absolute Gasteiger partial charge is 0.399 e. The highest BCUT2D eigenvalue weighted by molar-refractivity contribution is 8.01. The van der Waals surface area contributed by atoms with Gasteiger partial charge in [-0.15, -0.1) is 11.8 Å². The summed E-state index contributed by atoms with van der Waals surface area (Å²) in [7, 11) is 1.93. The van der Waals surface area contributed by atoms with Crippen LogP contribution in [0.3, 0.4) is 0 Å². The van der Waals surface area contributed by atoms with E-state index in [1.807, 2.05) is 37.0 Å². The molecule has 1 aliphatic heterocycles. The highest BCUT2D eigenvalue weighted by Crippen LogP contribution is 2.43. The molecule has 0 spiro atoms. The van der Waals surface area contributed by atoms with E-state index in [2.05, 4.69) is 24.4 Å². The topological polar surface area (TPSA) is 50.4 Å². The molecule has 0 saturated heterocycles. The van der Waals surface area contributed by atoms with Crippen molar-refractivity contribution in [3.63, 3.8) is 0 Å². The Bertz CT molecular complexity index is 599. The van der Waals surface area contributed by atoms with Crippen LogP contribution in [0.1, 0.15) is 6.92 Å². The number of hydrogen-bond donors (Lipinski definition) is 2. The Hall–Kier alpha value is -1.68. The standard InChI is InChI=1S/C14H15N3S/c1-8-10(15)4-6-12-14(8)18-13-7-9(16-2)3-5-11(13)17-12/h3-7,14,16H,15H2,1-2H3. The van der Waals surface area contributed by atoms with E-state index in [1.54, 1.807) is 0 Å². The molecule has 0 aromatic heterocycles. The van der Waals surface area contributed by atoms with Crippen molar-refractivity contribution in [1.29, 1.82) is 0 Å². The number of nitrogens with zero attached hydrogens (tertiary/aromatic N) is 1. The fourth-order valence-corrected chi connectivity index (χ4v) is 3.38. The van der Waals surface area contributed by atoms with Crippen molar-refractivity contribution in [2.45, 2.75) is 17.1 Å². The van der Waals surface area contributed by atoms with Gasteiger partial charge in [0, 0.05) is 23.3 Å². The van der Waals surface area contributed by atoms with E-state index in [0.717, 1.165) is 22.8 Å². The monoisotopic (exact) mass is 257 g/mol. The molecule has 92 valence electrons. The van der Waals surface area contributed by atoms with Gasteiger partial charge in [-0.2, -0.15) is 0 Å². The zero-order chi connectivity index (χ0) is 12.7. The lowest BCUT2D eigenvalue weighted by Gasteiger charge is -2.27. The average molecular weight is 257 g/mol. The molecule has 4 heteroatoms. The number of allylic oxidation sites excluding steroid dienone is 2. The molecule has 1 unspecified atom stereocenters. The second kappa shape index (κ2) is 4.21. The normalized spacial score (nSPS) is 21.2. The molecule has 1 aliphatic carbocycles. The van der Waals surface area contributed by atoms with Crippen molar-refractivity contribution in [3.8, 4) is 0 Å². The highest BCUT2D eigenvalue weighted by Gasteiger charge is 2.27. The summed E-state index contributed by atoms with van der Waals surface area (Å²) in [5.74, 6) is 0. The Morgan fingerprint density at radius 2 is 2.17 bits per heavy atom. The number of anilines is 1. The summed E-state index contributed by atoms with van der Waals surface area (Å²) in [6.45, 7) is 2.08. The molecule has 18 heavy (non-hydrogen) atoms. The lowest BCUT2D eigenvalue weighted by molar-refractivity contribution is 1.15. The van der Waals surface area contributed by atoms with Crippen LogP contribution in [-0.2, 0) is 0 Å². The van der Waals surface area contributed by atoms with Crippen LogP contribution in [0.15, 0.2) is 51.5 Å². The smallest absolute Gasteiger partial charge is 0.0771 e. The van der Waals surface area contributed by atoms with Crippen molar-refractivity contribution in [2.24, 2.45) is 10.7 Å². The van der Waals surface area contributed by atoms with Crippen molar-refractivity contribution in [2.75, 3.05) is 12.4 Å². The molecule has 1 aromatic rings. The van der Waals surface area contributed by atoms with Gasteiger partial charge in [0.25, 0.3) is 0 Å². The van der Waals surface area contributed by atoms with Crippen molar-refractivity contribution < 1.29 is 0 Å². The first-order valence-electron chi connectivity index (χ1n) is 5.90. The molecule has 0 radical (unpaired) electrons. The van der Waals surface area contributed by atoms with E-state index in [1.165, 1.54) is 10.5 Å². The summed E-state index contributed by atoms with van der Waals surface area (Å²) >= 11 is 1.82. The Labute approximate surface area is 111 Å². The van der Waals surface area contributed by atoms with E-state index in [0.29, 0.717) is 0 Å². The third-order valence-corrected chi connectivity index (χ3v) is 4.71. The minimum absolute atomic E-state index is 0.259. The van der Waals surface area contributed by atoms with Crippen molar-refractivity contribution >= 4 is 28.8 Å². The van der Waals surface area contributed by atoms with E-state index in [-0.39, 0.29) is 5.25 Å². The van der Waals surface area contributed by atoms with Gasteiger partial charge in [0.05, 0.1) is 16.6 Å². The van der Waals surface area contributed by atoms with E-state index in [4.69, 9.17) is 10.7 Å². The third kappa shape index (κ3) is 1.73. The van der Waals surface area contributed by atoms with Crippen LogP contribution in [0.5, 0.6) is 0 Å². The zero-order valence-corrected chi connectivity index (χ0v) is 11.2. The number of nitrogens with two attached hydrogens (primary N) is 1. The molecule has 3 N–H and O–H groups in total. The number of nitrogens with one attached hydrogen (secondary N) is 1. The summed E-state index contributed by atoms with van der Waals surface area (Å²) in [4.78, 5) is 5.93. The van der Waals surface area contributed by atoms with Crippen LogP contribution < -0.4 is 11.1 Å². The Morgan fingerprint density at radius 1 is 1.33 bits per heavy atom. The van der Waals surface area contributed by atoms with Gasteiger partial charge in [-0.3, -0.25) is 4.99 Å². The van der Waals surface area contributed by atoms with Crippen LogP contribution in [-0.4, -0.2) is 18.0 Å². The zero-order valence-electron chi connectivity index (χ0n) is 10.4. The maximum Gasteiger partial charge on any atom is 0.0771 e. The first kappa shape index (κ1) is 11.4. The Balaban J connectivity index is 2.07. The molecule has 1 heterocycles. The SMILES string of the molecule is CNc1ccc2c(c1)SC1C(=N2)C=CC(N)=C1C. The molecule has 1 atom stereocenters. The molecule has 2 aliphatic rings. The maximum atomic E-state index is 5.97. The molecular formula is C14H15N3S. The Morgan fingerprint density at radius 3 is 2.94 bits per heavy atom. The number of rotatable bonds is 1. The highest BCUT2D eigenvalue weighted by atomic mass is 32.2. The second-order valence-electron chi connectivity index (χ2n) is 4.44. The summed E-state index contributed by atoms with van der Waals surface area (Å²) in [5, 5.41) is 3.42. The van der Waals surface area contributed by atoms with Crippen LogP contribution >= 0.6 is 11.8 Å². The van der Waals surface area contributed by atoms with Crippen LogP contribution in [0, 0.1) is 0 Å². The molecule has 3 rings (SSSR count). The van der Waals surface area contributed by atoms with Gasteiger partial charge in [-0.25, -0.2) is 0 Å². The molecule has 3 nitrogen and oxygen atoms in total. The van der Waals surface area contributed by atoms with Crippen molar-refractivity contribution in [1.82, 2.24) is 0 Å². The average Bonchev–Trinajstić information content (AvgIpc) is 2.41. The van der Waals surface area contributed by atoms with Gasteiger partial charge in [-0.1, -0.05) is 0 Å². The number of hydrogen-bond acceptors (Lipinski definition) is 4. The molecular weight excluding hydrogens is 242 g/mol. The van der Waals surface area contributed by atoms with Gasteiger partial charge in [0.15, 0.2) is 0 Å². The predicted octanol–water partition coefficient (Wildman–Crippen LogP) is 3.08. The minimum atomic E-state index is 0.259. The molecule has 0 bridgehead atoms. The number of benzene rings is 1. The number of aliphatic imine (C=N–C) groups is 1. The fraction of sp³-hybridized carbons (Fsp3) is 0.214. The lowest BCUT2D eigenvalue weighted by atomic mass is 10.0. The molecule has 0 amide bonds. The van der Waals surface area contributed by atoms with Crippen molar-refractivity contribution in [3.05, 3.63) is 41.6 Å².